The van der Waals surface area contributed by atoms with Crippen molar-refractivity contribution in [3.63, 3.8) is 0 Å². The lowest BCUT2D eigenvalue weighted by Gasteiger charge is -2.09. The highest BCUT2D eigenvalue weighted by Gasteiger charge is 2.10. The van der Waals surface area contributed by atoms with Crippen LogP contribution in [0.4, 0.5) is 5.69 Å². The minimum atomic E-state index is -0.579. The molecule has 136 valence electrons. The Morgan fingerprint density at radius 1 is 1.22 bits per heavy atom. The van der Waals surface area contributed by atoms with Gasteiger partial charge in [-0.05, 0) is 30.5 Å². The molecule has 8 heteroatoms. The molecule has 3 aromatic rings. The quantitative estimate of drug-likeness (QED) is 0.410. The molecular formula is C19H16N4O4. The van der Waals surface area contributed by atoms with Crippen LogP contribution in [0, 0.1) is 10.1 Å². The third kappa shape index (κ3) is 4.06. The number of carbonyl (C=O) groups excluding carboxylic acids is 1. The van der Waals surface area contributed by atoms with Crippen molar-refractivity contribution in [1.82, 2.24) is 10.4 Å². The van der Waals surface area contributed by atoms with E-state index in [1.54, 1.807) is 0 Å². The summed E-state index contributed by atoms with van der Waals surface area (Å²) in [4.78, 5) is 25.8. The van der Waals surface area contributed by atoms with Crippen LogP contribution in [0.25, 0.3) is 10.8 Å². The molecule has 0 saturated heterocycles. The van der Waals surface area contributed by atoms with Gasteiger partial charge in [0.25, 0.3) is 11.6 Å². The summed E-state index contributed by atoms with van der Waals surface area (Å²) in [5, 5.41) is 16.5. The van der Waals surface area contributed by atoms with Gasteiger partial charge in [-0.25, -0.2) is 10.4 Å². The largest absolute Gasteiger partial charge is 0.493 e. The van der Waals surface area contributed by atoms with Crippen LogP contribution in [0.2, 0.25) is 0 Å². The Kier molecular flexibility index (Phi) is 5.36. The average molecular weight is 364 g/mol. The summed E-state index contributed by atoms with van der Waals surface area (Å²) < 4.78 is 5.63. The van der Waals surface area contributed by atoms with Gasteiger partial charge in [0, 0.05) is 17.0 Å². The van der Waals surface area contributed by atoms with E-state index in [4.69, 9.17) is 4.74 Å². The van der Waals surface area contributed by atoms with Crippen LogP contribution < -0.4 is 10.2 Å². The Labute approximate surface area is 154 Å². The van der Waals surface area contributed by atoms with Crippen molar-refractivity contribution in [3.8, 4) is 5.75 Å². The predicted octanol–water partition coefficient (Wildman–Crippen LogP) is 3.31. The minimum Gasteiger partial charge on any atom is -0.493 e. The van der Waals surface area contributed by atoms with Crippen molar-refractivity contribution >= 4 is 28.6 Å². The van der Waals surface area contributed by atoms with Crippen molar-refractivity contribution in [3.05, 3.63) is 76.1 Å². The summed E-state index contributed by atoms with van der Waals surface area (Å²) >= 11 is 0. The standard InChI is InChI=1S/C19H16N4O4/c1-2-27-18-10-7-13(15-5-3-4-6-16(15)18)11-21-22-19(24)17-9-8-14(12-20-17)23(25)26/h3-12H,2H2,1H3,(H,22,24). The summed E-state index contributed by atoms with van der Waals surface area (Å²) in [6.45, 7) is 2.49. The molecule has 0 unspecified atom stereocenters. The zero-order valence-electron chi connectivity index (χ0n) is 14.5. The monoisotopic (exact) mass is 364 g/mol. The van der Waals surface area contributed by atoms with E-state index in [-0.39, 0.29) is 11.4 Å². The third-order valence-electron chi connectivity index (χ3n) is 3.78. The van der Waals surface area contributed by atoms with Crippen molar-refractivity contribution in [1.29, 1.82) is 0 Å². The molecule has 0 fully saturated rings. The first-order valence-corrected chi connectivity index (χ1v) is 8.18. The zero-order chi connectivity index (χ0) is 19.2. The van der Waals surface area contributed by atoms with Gasteiger partial charge < -0.3 is 4.74 Å². The van der Waals surface area contributed by atoms with Gasteiger partial charge in [0.1, 0.15) is 17.6 Å². The molecule has 0 radical (unpaired) electrons. The molecule has 8 nitrogen and oxygen atoms in total. The smallest absolute Gasteiger partial charge is 0.289 e. The Bertz CT molecular complexity index is 1020. The molecule has 2 aromatic carbocycles. The molecule has 3 rings (SSSR count). The van der Waals surface area contributed by atoms with Crippen LogP contribution in [-0.2, 0) is 0 Å². The molecular weight excluding hydrogens is 348 g/mol. The van der Waals surface area contributed by atoms with E-state index in [0.29, 0.717) is 6.61 Å². The number of rotatable bonds is 6. The van der Waals surface area contributed by atoms with Crippen LogP contribution in [0.5, 0.6) is 5.75 Å². The summed E-state index contributed by atoms with van der Waals surface area (Å²) in [6, 6.07) is 13.9. The molecule has 1 heterocycles. The van der Waals surface area contributed by atoms with Crippen LogP contribution >= 0.6 is 0 Å². The van der Waals surface area contributed by atoms with E-state index in [0.717, 1.165) is 28.3 Å². The second-order valence-corrected chi connectivity index (χ2v) is 5.49. The maximum atomic E-state index is 12.0. The fraction of sp³-hybridized carbons (Fsp3) is 0.105. The first kappa shape index (κ1) is 18.0. The molecule has 1 amide bonds. The van der Waals surface area contributed by atoms with E-state index in [2.05, 4.69) is 15.5 Å². The molecule has 1 N–H and O–H groups in total. The lowest BCUT2D eigenvalue weighted by molar-refractivity contribution is -0.385. The van der Waals surface area contributed by atoms with Crippen molar-refractivity contribution in [2.45, 2.75) is 6.92 Å². The van der Waals surface area contributed by atoms with Gasteiger partial charge in [-0.2, -0.15) is 5.10 Å². The fourth-order valence-corrected chi connectivity index (χ4v) is 2.53. The molecule has 0 spiro atoms. The van der Waals surface area contributed by atoms with E-state index in [9.17, 15) is 14.9 Å². The van der Waals surface area contributed by atoms with Crippen LogP contribution in [0.15, 0.2) is 59.8 Å². The lowest BCUT2D eigenvalue weighted by Crippen LogP contribution is -2.18. The number of hydrogen-bond acceptors (Lipinski definition) is 6. The first-order chi connectivity index (χ1) is 13.1. The fourth-order valence-electron chi connectivity index (χ4n) is 2.53. The first-order valence-electron chi connectivity index (χ1n) is 8.18. The van der Waals surface area contributed by atoms with Gasteiger partial charge in [0.2, 0.25) is 0 Å². The SMILES string of the molecule is CCOc1ccc(C=NNC(=O)c2ccc([N+](=O)[O-])cn2)c2ccccc12. The molecule has 0 aliphatic carbocycles. The topological polar surface area (TPSA) is 107 Å². The van der Waals surface area contributed by atoms with Gasteiger partial charge in [-0.3, -0.25) is 14.9 Å². The average Bonchev–Trinajstić information content (AvgIpc) is 2.69. The Morgan fingerprint density at radius 2 is 2.00 bits per heavy atom. The predicted molar refractivity (Wildman–Crippen MR) is 101 cm³/mol. The van der Waals surface area contributed by atoms with E-state index in [1.165, 1.54) is 18.3 Å². The number of carbonyl (C=O) groups is 1. The molecule has 0 bridgehead atoms. The number of ether oxygens (including phenoxy) is 1. The number of hydrazone groups is 1. The zero-order valence-corrected chi connectivity index (χ0v) is 14.5. The van der Waals surface area contributed by atoms with Crippen molar-refractivity contribution < 1.29 is 14.5 Å². The van der Waals surface area contributed by atoms with E-state index < -0.39 is 10.8 Å². The highest BCUT2D eigenvalue weighted by molar-refractivity contribution is 6.02. The van der Waals surface area contributed by atoms with Crippen LogP contribution in [0.3, 0.4) is 0 Å². The Hall–Kier alpha value is -3.81. The number of pyridine rings is 1. The molecule has 0 saturated carbocycles. The summed E-state index contributed by atoms with van der Waals surface area (Å²) in [6.07, 6.45) is 2.56. The molecule has 27 heavy (non-hydrogen) atoms. The van der Waals surface area contributed by atoms with Gasteiger partial charge in [-0.15, -0.1) is 0 Å². The second kappa shape index (κ2) is 8.05. The maximum Gasteiger partial charge on any atom is 0.289 e. The van der Waals surface area contributed by atoms with Gasteiger partial charge >= 0.3 is 0 Å². The summed E-state index contributed by atoms with van der Waals surface area (Å²) in [5.74, 6) is 0.223. The van der Waals surface area contributed by atoms with Gasteiger partial charge in [0.05, 0.1) is 17.7 Å². The van der Waals surface area contributed by atoms with Crippen molar-refractivity contribution in [2.24, 2.45) is 5.10 Å². The number of benzene rings is 2. The summed E-state index contributed by atoms with van der Waals surface area (Å²) in [7, 11) is 0. The van der Waals surface area contributed by atoms with Gasteiger partial charge in [-0.1, -0.05) is 24.3 Å². The lowest BCUT2D eigenvalue weighted by atomic mass is 10.0. The Balaban J connectivity index is 1.77. The van der Waals surface area contributed by atoms with Crippen LogP contribution in [0.1, 0.15) is 23.0 Å². The van der Waals surface area contributed by atoms with E-state index >= 15 is 0 Å². The minimum absolute atomic E-state index is 0.0364. The highest BCUT2D eigenvalue weighted by Crippen LogP contribution is 2.27. The number of nitrogens with one attached hydrogen (secondary N) is 1. The highest BCUT2D eigenvalue weighted by atomic mass is 16.6. The second-order valence-electron chi connectivity index (χ2n) is 5.49. The number of nitro groups is 1. The number of nitrogens with zero attached hydrogens (tertiary/aromatic N) is 3. The van der Waals surface area contributed by atoms with Crippen LogP contribution in [-0.4, -0.2) is 28.6 Å². The number of amides is 1. The molecule has 1 aromatic heterocycles. The number of aromatic nitrogens is 1. The molecule has 0 atom stereocenters. The van der Waals surface area contributed by atoms with Gasteiger partial charge in [0.15, 0.2) is 0 Å². The molecule has 0 aliphatic heterocycles. The summed E-state index contributed by atoms with van der Waals surface area (Å²) in [5.41, 5.74) is 3.03. The number of fused-ring (bicyclic) bond motifs is 1. The van der Waals surface area contributed by atoms with Crippen molar-refractivity contribution in [2.75, 3.05) is 6.61 Å². The maximum absolute atomic E-state index is 12.0. The Morgan fingerprint density at radius 3 is 2.67 bits per heavy atom. The third-order valence-corrected chi connectivity index (χ3v) is 3.78. The number of hydrogen-bond donors (Lipinski definition) is 1. The van der Waals surface area contributed by atoms with E-state index in [1.807, 2.05) is 43.3 Å². The molecule has 0 aliphatic rings. The normalized spacial score (nSPS) is 10.9.